The molecule has 0 unspecified atom stereocenters. The van der Waals surface area contributed by atoms with Crippen molar-refractivity contribution in [3.63, 3.8) is 0 Å². The Morgan fingerprint density at radius 1 is 1.09 bits per heavy atom. The summed E-state index contributed by atoms with van der Waals surface area (Å²) >= 11 is 1.11. The summed E-state index contributed by atoms with van der Waals surface area (Å²) in [6.07, 6.45) is 2.93. The minimum Gasteiger partial charge on any atom is -0.497 e. The third-order valence-electron chi connectivity index (χ3n) is 6.58. The molecular weight excluding hydrogens is 578 g/mol. The van der Waals surface area contributed by atoms with Crippen LogP contribution in [-0.2, 0) is 9.53 Å². The lowest BCUT2D eigenvalue weighted by Gasteiger charge is -2.23. The van der Waals surface area contributed by atoms with Gasteiger partial charge in [0.1, 0.15) is 17.3 Å². The summed E-state index contributed by atoms with van der Waals surface area (Å²) in [5.74, 6) is 1.26. The molecule has 12 nitrogen and oxygen atoms in total. The Bertz CT molecular complexity index is 1920. The number of benzene rings is 2. The third kappa shape index (κ3) is 5.66. The summed E-state index contributed by atoms with van der Waals surface area (Å²) in [6, 6.07) is 12.0. The zero-order chi connectivity index (χ0) is 30.7. The van der Waals surface area contributed by atoms with Gasteiger partial charge in [0.2, 0.25) is 0 Å². The van der Waals surface area contributed by atoms with Crippen LogP contribution in [0.3, 0.4) is 0 Å². The normalized spacial score (nSPS) is 14.4. The zero-order valence-electron chi connectivity index (χ0n) is 23.7. The van der Waals surface area contributed by atoms with Gasteiger partial charge in [0.05, 0.1) is 60.1 Å². The van der Waals surface area contributed by atoms with Gasteiger partial charge in [0, 0.05) is 12.3 Å². The van der Waals surface area contributed by atoms with E-state index in [2.05, 4.69) is 4.99 Å². The van der Waals surface area contributed by atoms with Crippen molar-refractivity contribution >= 4 is 29.1 Å². The second-order valence-electron chi connectivity index (χ2n) is 9.09. The highest BCUT2D eigenvalue weighted by molar-refractivity contribution is 7.07. The van der Waals surface area contributed by atoms with E-state index in [0.29, 0.717) is 46.6 Å². The number of nitrogens with zero attached hydrogens (tertiary/aromatic N) is 3. The van der Waals surface area contributed by atoms with Crippen LogP contribution in [0.4, 0.5) is 5.69 Å². The fourth-order valence-corrected chi connectivity index (χ4v) is 5.64. The van der Waals surface area contributed by atoms with Gasteiger partial charge in [-0.3, -0.25) is 19.5 Å². The lowest BCUT2D eigenvalue weighted by Crippen LogP contribution is -2.39. The molecule has 0 saturated heterocycles. The van der Waals surface area contributed by atoms with E-state index in [9.17, 15) is 19.7 Å². The van der Waals surface area contributed by atoms with Crippen molar-refractivity contribution in [1.82, 2.24) is 4.57 Å². The van der Waals surface area contributed by atoms with E-state index in [1.165, 1.54) is 43.2 Å². The van der Waals surface area contributed by atoms with E-state index in [1.54, 1.807) is 36.4 Å². The molecule has 5 rings (SSSR count). The van der Waals surface area contributed by atoms with Crippen LogP contribution in [-0.4, -0.2) is 42.9 Å². The monoisotopic (exact) mass is 605 g/mol. The van der Waals surface area contributed by atoms with E-state index < -0.39 is 22.5 Å². The van der Waals surface area contributed by atoms with E-state index in [4.69, 9.17) is 23.4 Å². The first-order valence-electron chi connectivity index (χ1n) is 13.2. The third-order valence-corrected chi connectivity index (χ3v) is 7.57. The van der Waals surface area contributed by atoms with Crippen LogP contribution in [0.25, 0.3) is 17.4 Å². The molecule has 0 saturated carbocycles. The number of nitro groups is 1. The molecule has 13 heteroatoms. The molecule has 43 heavy (non-hydrogen) atoms. The Labute approximate surface area is 248 Å². The predicted octanol–water partition coefficient (Wildman–Crippen LogP) is 3.99. The first-order chi connectivity index (χ1) is 20.8. The van der Waals surface area contributed by atoms with Crippen LogP contribution in [0.1, 0.15) is 31.2 Å². The molecule has 1 aliphatic heterocycles. The summed E-state index contributed by atoms with van der Waals surface area (Å²) in [5.41, 5.74) is 0.425. The Morgan fingerprint density at radius 3 is 2.56 bits per heavy atom. The van der Waals surface area contributed by atoms with Crippen molar-refractivity contribution in [1.29, 1.82) is 0 Å². The van der Waals surface area contributed by atoms with Gasteiger partial charge in [-0.15, -0.1) is 0 Å². The second-order valence-corrected chi connectivity index (χ2v) is 10.1. The Balaban J connectivity index is 1.60. The maximum atomic E-state index is 13.8. The number of ether oxygens (including phenoxy) is 4. The molecule has 3 heterocycles. The van der Waals surface area contributed by atoms with Gasteiger partial charge >= 0.3 is 5.97 Å². The van der Waals surface area contributed by atoms with Crippen molar-refractivity contribution in [2.24, 2.45) is 4.99 Å². The number of nitro benzene ring substituents is 1. The summed E-state index contributed by atoms with van der Waals surface area (Å²) < 4.78 is 29.2. The van der Waals surface area contributed by atoms with Crippen molar-refractivity contribution in [2.75, 3.05) is 27.4 Å². The van der Waals surface area contributed by atoms with Crippen LogP contribution in [0, 0.1) is 10.1 Å². The zero-order valence-corrected chi connectivity index (χ0v) is 24.5. The standard InChI is InChI=1S/C30H27N3O9S/c1-5-40-24-11-7-17(13-25(24)41-6-2)27-21(29(35)39-4)16-31-30-32(27)28(34)26(43-30)15-19-9-12-23(42-19)20-10-8-18(38-3)14-22(20)33(36)37/h7-16,27H,5-6H2,1-4H3/b26-15+/t27-/m0/s1. The van der Waals surface area contributed by atoms with Gasteiger partial charge in [-0.05, 0) is 55.8 Å². The molecule has 0 amide bonds. The van der Waals surface area contributed by atoms with Gasteiger partial charge in [0.15, 0.2) is 16.3 Å². The van der Waals surface area contributed by atoms with Gasteiger partial charge in [0.25, 0.3) is 11.2 Å². The number of hydrogen-bond donors (Lipinski definition) is 0. The summed E-state index contributed by atoms with van der Waals surface area (Å²) in [4.78, 5) is 42.5. The lowest BCUT2D eigenvalue weighted by atomic mass is 9.97. The SMILES string of the molecule is CCOc1ccc([C@H]2C(C(=O)OC)=CN=c3s/c(=C/c4ccc(-c5ccc(OC)cc5[N+](=O)[O-])o4)c(=O)n32)cc1OCC. The van der Waals surface area contributed by atoms with Crippen LogP contribution in [0.5, 0.6) is 17.2 Å². The number of carbonyl (C=O) groups excluding carboxylic acids is 1. The first kappa shape index (κ1) is 29.3. The molecule has 2 aromatic carbocycles. The van der Waals surface area contributed by atoms with Gasteiger partial charge < -0.3 is 23.4 Å². The van der Waals surface area contributed by atoms with Crippen LogP contribution in [0.2, 0.25) is 0 Å². The average Bonchev–Trinajstić information content (AvgIpc) is 3.61. The number of methoxy groups -OCH3 is 2. The number of thiazole rings is 1. The van der Waals surface area contributed by atoms with Crippen molar-refractivity contribution in [3.8, 4) is 28.6 Å². The Kier molecular flexibility index (Phi) is 8.44. The minimum absolute atomic E-state index is 0.167. The van der Waals surface area contributed by atoms with Crippen LogP contribution < -0.4 is 29.1 Å². The highest BCUT2D eigenvalue weighted by Crippen LogP contribution is 2.36. The van der Waals surface area contributed by atoms with Crippen LogP contribution >= 0.6 is 11.3 Å². The number of furan rings is 1. The Morgan fingerprint density at radius 2 is 1.86 bits per heavy atom. The Hall–Kier alpha value is -5.17. The molecule has 0 N–H and O–H groups in total. The molecule has 0 fully saturated rings. The van der Waals surface area contributed by atoms with Crippen molar-refractivity contribution in [2.45, 2.75) is 19.9 Å². The molecule has 0 radical (unpaired) electrons. The largest absolute Gasteiger partial charge is 0.497 e. The fraction of sp³-hybridized carbons (Fsp3) is 0.233. The molecule has 0 bridgehead atoms. The predicted molar refractivity (Wildman–Crippen MR) is 157 cm³/mol. The second kappa shape index (κ2) is 12.4. The highest BCUT2D eigenvalue weighted by Gasteiger charge is 2.31. The fourth-order valence-electron chi connectivity index (χ4n) is 4.69. The van der Waals surface area contributed by atoms with E-state index in [-0.39, 0.29) is 27.1 Å². The van der Waals surface area contributed by atoms with Gasteiger partial charge in [-0.25, -0.2) is 9.79 Å². The van der Waals surface area contributed by atoms with E-state index >= 15 is 0 Å². The maximum Gasteiger partial charge on any atom is 0.337 e. The molecule has 0 aliphatic carbocycles. The minimum atomic E-state index is -0.852. The summed E-state index contributed by atoms with van der Waals surface area (Å²) in [7, 11) is 2.68. The van der Waals surface area contributed by atoms with Crippen molar-refractivity contribution in [3.05, 3.63) is 101 Å². The number of esters is 1. The van der Waals surface area contributed by atoms with E-state index in [1.807, 2.05) is 13.8 Å². The molecule has 1 aliphatic rings. The average molecular weight is 606 g/mol. The first-order valence-corrected chi connectivity index (χ1v) is 14.0. The quantitative estimate of drug-likeness (QED) is 0.149. The smallest absolute Gasteiger partial charge is 0.337 e. The molecule has 4 aromatic rings. The topological polar surface area (TPSA) is 145 Å². The number of rotatable bonds is 10. The highest BCUT2D eigenvalue weighted by atomic mass is 32.1. The number of hydrogen-bond acceptors (Lipinski definition) is 11. The van der Waals surface area contributed by atoms with Crippen LogP contribution in [0.15, 0.2) is 74.5 Å². The van der Waals surface area contributed by atoms with Gasteiger partial charge in [-0.2, -0.15) is 0 Å². The number of fused-ring (bicyclic) bond motifs is 1. The molecule has 2 aromatic heterocycles. The molecular formula is C30H27N3O9S. The number of carbonyl (C=O) groups is 1. The lowest BCUT2D eigenvalue weighted by molar-refractivity contribution is -0.384. The van der Waals surface area contributed by atoms with Crippen molar-refractivity contribution < 1.29 is 33.1 Å². The number of aromatic nitrogens is 1. The molecule has 222 valence electrons. The summed E-state index contributed by atoms with van der Waals surface area (Å²) in [5, 5.41) is 11.7. The molecule has 0 spiro atoms. The summed E-state index contributed by atoms with van der Waals surface area (Å²) in [6.45, 7) is 4.53. The van der Waals surface area contributed by atoms with Gasteiger partial charge in [-0.1, -0.05) is 17.4 Å². The van der Waals surface area contributed by atoms with E-state index in [0.717, 1.165) is 11.3 Å². The molecule has 1 atom stereocenters. The maximum absolute atomic E-state index is 13.8.